The molecular formula is C39H34N4O2. The Labute approximate surface area is 261 Å². The largest absolute Gasteiger partial charge is 0.478 e. The fourth-order valence-electron chi connectivity index (χ4n) is 7.26. The van der Waals surface area contributed by atoms with Gasteiger partial charge in [0.2, 0.25) is 0 Å². The molecule has 0 fully saturated rings. The van der Waals surface area contributed by atoms with Crippen molar-refractivity contribution in [2.24, 2.45) is 0 Å². The summed E-state index contributed by atoms with van der Waals surface area (Å²) >= 11 is 0. The molecule has 6 heteroatoms. The van der Waals surface area contributed by atoms with Crippen LogP contribution in [0.4, 0.5) is 0 Å². The Kier molecular flexibility index (Phi) is 6.72. The Bertz CT molecular complexity index is 2240. The molecule has 3 aromatic heterocycles. The van der Waals surface area contributed by atoms with E-state index in [0.717, 1.165) is 54.7 Å². The van der Waals surface area contributed by atoms with Crippen LogP contribution in [0.2, 0.25) is 0 Å². The molecule has 8 rings (SSSR count). The van der Waals surface area contributed by atoms with E-state index in [1.807, 2.05) is 60.8 Å². The van der Waals surface area contributed by atoms with Gasteiger partial charge in [-0.3, -0.25) is 4.90 Å². The lowest BCUT2D eigenvalue weighted by atomic mass is 9.94. The number of rotatable bonds is 7. The van der Waals surface area contributed by atoms with E-state index in [2.05, 4.69) is 69.5 Å². The van der Waals surface area contributed by atoms with Crippen LogP contribution >= 0.6 is 0 Å². The lowest BCUT2D eigenvalue weighted by Crippen LogP contribution is -2.33. The van der Waals surface area contributed by atoms with Crippen LogP contribution in [0, 0.1) is 6.92 Å². The molecule has 0 spiro atoms. The number of hydrogen-bond acceptors (Lipinski definition) is 3. The SMILES string of the molecule is Cc1cccc2c1c(Cc1c(-c3ccc4ccccc4c3C(=O)O)nc3ccccn13)cn2CCN1CCc2ccccc2C1. The summed E-state index contributed by atoms with van der Waals surface area (Å²) in [7, 11) is 0. The topological polar surface area (TPSA) is 62.8 Å². The molecule has 0 saturated heterocycles. The minimum Gasteiger partial charge on any atom is -0.478 e. The Morgan fingerprint density at radius 2 is 1.69 bits per heavy atom. The van der Waals surface area contributed by atoms with Gasteiger partial charge in [0.1, 0.15) is 5.65 Å². The summed E-state index contributed by atoms with van der Waals surface area (Å²) in [6, 6.07) is 32.9. The molecule has 0 aliphatic carbocycles. The summed E-state index contributed by atoms with van der Waals surface area (Å²) in [6.07, 6.45) is 6.05. The van der Waals surface area contributed by atoms with E-state index >= 15 is 0 Å². The average molecular weight is 591 g/mol. The number of aromatic carboxylic acids is 1. The van der Waals surface area contributed by atoms with Crippen molar-refractivity contribution in [3.05, 3.63) is 143 Å². The number of carboxylic acid groups (broad SMARTS) is 1. The van der Waals surface area contributed by atoms with Crippen LogP contribution in [0.5, 0.6) is 0 Å². The van der Waals surface area contributed by atoms with Crippen molar-refractivity contribution in [2.45, 2.75) is 32.9 Å². The first-order valence-electron chi connectivity index (χ1n) is 15.6. The van der Waals surface area contributed by atoms with E-state index in [0.29, 0.717) is 23.2 Å². The third-order valence-electron chi connectivity index (χ3n) is 9.44. The number of aryl methyl sites for hydroxylation is 1. The average Bonchev–Trinajstić information content (AvgIpc) is 3.62. The number of benzene rings is 4. The Balaban J connectivity index is 1.21. The number of imidazole rings is 1. The van der Waals surface area contributed by atoms with Gasteiger partial charge in [-0.25, -0.2) is 9.78 Å². The molecule has 0 radical (unpaired) electrons. The number of carbonyl (C=O) groups is 1. The Morgan fingerprint density at radius 3 is 2.58 bits per heavy atom. The van der Waals surface area contributed by atoms with Gasteiger partial charge >= 0.3 is 5.97 Å². The minimum absolute atomic E-state index is 0.291. The van der Waals surface area contributed by atoms with Crippen LogP contribution in [0.25, 0.3) is 38.6 Å². The molecule has 0 amide bonds. The molecule has 6 nitrogen and oxygen atoms in total. The van der Waals surface area contributed by atoms with Crippen molar-refractivity contribution >= 4 is 33.3 Å². The smallest absolute Gasteiger partial charge is 0.337 e. The van der Waals surface area contributed by atoms with Crippen molar-refractivity contribution in [1.29, 1.82) is 0 Å². The van der Waals surface area contributed by atoms with E-state index in [1.54, 1.807) is 0 Å². The van der Waals surface area contributed by atoms with Crippen molar-refractivity contribution < 1.29 is 9.90 Å². The number of aromatic nitrogens is 3. The van der Waals surface area contributed by atoms with Crippen LogP contribution in [-0.4, -0.2) is 43.0 Å². The highest BCUT2D eigenvalue weighted by Gasteiger charge is 2.24. The number of carboxylic acids is 1. The molecule has 1 N–H and O–H groups in total. The summed E-state index contributed by atoms with van der Waals surface area (Å²) in [5.74, 6) is -0.947. The predicted octanol–water partition coefficient (Wildman–Crippen LogP) is 7.76. The third-order valence-corrected chi connectivity index (χ3v) is 9.44. The fraction of sp³-hybridized carbons (Fsp3) is 0.179. The highest BCUT2D eigenvalue weighted by atomic mass is 16.4. The molecule has 1 aliphatic heterocycles. The number of hydrogen-bond donors (Lipinski definition) is 1. The van der Waals surface area contributed by atoms with Gasteiger partial charge in [-0.15, -0.1) is 0 Å². The molecule has 4 heterocycles. The van der Waals surface area contributed by atoms with Gasteiger partial charge in [0.25, 0.3) is 0 Å². The quantitative estimate of drug-likeness (QED) is 0.206. The van der Waals surface area contributed by atoms with Crippen LogP contribution in [0.3, 0.4) is 0 Å². The zero-order valence-electron chi connectivity index (χ0n) is 25.3. The highest BCUT2D eigenvalue weighted by molar-refractivity contribution is 6.09. The molecular weight excluding hydrogens is 556 g/mol. The summed E-state index contributed by atoms with van der Waals surface area (Å²) in [5, 5.41) is 13.3. The van der Waals surface area contributed by atoms with E-state index in [-0.39, 0.29) is 0 Å². The number of nitrogens with zero attached hydrogens (tertiary/aromatic N) is 4. The molecule has 45 heavy (non-hydrogen) atoms. The molecule has 0 saturated carbocycles. The normalized spacial score (nSPS) is 13.5. The van der Waals surface area contributed by atoms with Crippen molar-refractivity contribution in [3.63, 3.8) is 0 Å². The lowest BCUT2D eigenvalue weighted by molar-refractivity contribution is 0.0700. The number of fused-ring (bicyclic) bond motifs is 4. The van der Waals surface area contributed by atoms with E-state index in [9.17, 15) is 9.90 Å². The van der Waals surface area contributed by atoms with Crippen molar-refractivity contribution in [3.8, 4) is 11.3 Å². The molecule has 222 valence electrons. The van der Waals surface area contributed by atoms with Crippen molar-refractivity contribution in [2.75, 3.05) is 13.1 Å². The van der Waals surface area contributed by atoms with Crippen LogP contribution in [-0.2, 0) is 25.9 Å². The van der Waals surface area contributed by atoms with Gasteiger partial charge in [0.05, 0.1) is 17.0 Å². The first-order valence-corrected chi connectivity index (χ1v) is 15.6. The molecule has 0 atom stereocenters. The van der Waals surface area contributed by atoms with E-state index in [4.69, 9.17) is 4.98 Å². The highest BCUT2D eigenvalue weighted by Crippen LogP contribution is 2.35. The molecule has 7 aromatic rings. The third kappa shape index (κ3) is 4.78. The Hall–Kier alpha value is -5.20. The maximum atomic E-state index is 12.7. The Morgan fingerprint density at radius 1 is 0.867 bits per heavy atom. The van der Waals surface area contributed by atoms with Gasteiger partial charge in [-0.05, 0) is 64.6 Å². The maximum absolute atomic E-state index is 12.7. The second kappa shape index (κ2) is 11.1. The zero-order valence-corrected chi connectivity index (χ0v) is 25.3. The first kappa shape index (κ1) is 27.4. The first-order chi connectivity index (χ1) is 22.0. The predicted molar refractivity (Wildman–Crippen MR) is 180 cm³/mol. The molecule has 0 unspecified atom stereocenters. The van der Waals surface area contributed by atoms with Crippen LogP contribution in [0.1, 0.15) is 38.3 Å². The minimum atomic E-state index is -0.947. The molecule has 0 bridgehead atoms. The number of pyridine rings is 1. The van der Waals surface area contributed by atoms with Crippen LogP contribution < -0.4 is 0 Å². The van der Waals surface area contributed by atoms with Crippen LogP contribution in [0.15, 0.2) is 109 Å². The summed E-state index contributed by atoms with van der Waals surface area (Å²) in [6.45, 7) is 6.12. The van der Waals surface area contributed by atoms with Gasteiger partial charge < -0.3 is 14.1 Å². The lowest BCUT2D eigenvalue weighted by Gasteiger charge is -2.28. The van der Waals surface area contributed by atoms with Crippen molar-refractivity contribution in [1.82, 2.24) is 18.9 Å². The standard InChI is InChI=1S/C39H34N4O2/c1-26-9-8-14-33-36(26)30(25-42(33)22-21-41-20-18-27-10-2-3-12-29(27)24-41)23-34-38(40-35-15-6-7-19-43(34)35)32-17-16-28-11-4-5-13-31(28)37(32)39(44)45/h2-17,19,25H,18,20-24H2,1H3,(H,44,45). The second-order valence-electron chi connectivity index (χ2n) is 12.1. The monoisotopic (exact) mass is 590 g/mol. The summed E-state index contributed by atoms with van der Waals surface area (Å²) < 4.78 is 4.52. The van der Waals surface area contributed by atoms with Gasteiger partial charge in [0.15, 0.2) is 0 Å². The summed E-state index contributed by atoms with van der Waals surface area (Å²) in [5.41, 5.74) is 10.0. The fourth-order valence-corrected chi connectivity index (χ4v) is 7.26. The van der Waals surface area contributed by atoms with Gasteiger partial charge in [-0.2, -0.15) is 0 Å². The molecule has 4 aromatic carbocycles. The zero-order chi connectivity index (χ0) is 30.5. The summed E-state index contributed by atoms with van der Waals surface area (Å²) in [4.78, 5) is 20.3. The molecule has 1 aliphatic rings. The van der Waals surface area contributed by atoms with Gasteiger partial charge in [-0.1, -0.05) is 78.9 Å². The maximum Gasteiger partial charge on any atom is 0.337 e. The van der Waals surface area contributed by atoms with E-state index < -0.39 is 5.97 Å². The second-order valence-corrected chi connectivity index (χ2v) is 12.1. The van der Waals surface area contributed by atoms with Gasteiger partial charge in [0, 0.05) is 61.5 Å². The van der Waals surface area contributed by atoms with E-state index in [1.165, 1.54) is 33.2 Å².